The van der Waals surface area contributed by atoms with Crippen molar-refractivity contribution in [1.29, 1.82) is 0 Å². The highest BCUT2D eigenvalue weighted by atomic mass is 79.9. The van der Waals surface area contributed by atoms with Gasteiger partial charge in [-0.3, -0.25) is 4.68 Å². The molecule has 0 N–H and O–H groups in total. The van der Waals surface area contributed by atoms with E-state index in [1.165, 1.54) is 0 Å². The van der Waals surface area contributed by atoms with E-state index in [0.717, 1.165) is 12.1 Å². The molecule has 1 rings (SSSR count). The predicted octanol–water partition coefficient (Wildman–Crippen LogP) is 2.41. The highest BCUT2D eigenvalue weighted by Crippen LogP contribution is 2.24. The molecule has 0 aliphatic heterocycles. The normalized spacial score (nSPS) is 15.9. The van der Waals surface area contributed by atoms with Crippen molar-refractivity contribution in [3.05, 3.63) is 11.9 Å². The average Bonchev–Trinajstić information content (AvgIpc) is 2.46. The molecule has 0 aliphatic carbocycles. The van der Waals surface area contributed by atoms with Crippen LogP contribution < -0.4 is 0 Å². The second-order valence-corrected chi connectivity index (χ2v) is 5.62. The van der Waals surface area contributed by atoms with E-state index < -0.39 is 0 Å². The Kier molecular flexibility index (Phi) is 4.11. The maximum atomic E-state index is 4.11. The largest absolute Gasteiger partial charge is 0.255 e. The molecule has 0 aliphatic rings. The number of aromatic nitrogens is 3. The summed E-state index contributed by atoms with van der Waals surface area (Å²) >= 11 is 3.65. The van der Waals surface area contributed by atoms with Gasteiger partial charge in [0.1, 0.15) is 0 Å². The molecule has 0 bridgehead atoms. The third-order valence-electron chi connectivity index (χ3n) is 2.54. The maximum Gasteiger partial charge on any atom is 0.0830 e. The highest BCUT2D eigenvalue weighted by Gasteiger charge is 2.20. The Balaban J connectivity index is 2.64. The monoisotopic (exact) mass is 259 g/mol. The predicted molar refractivity (Wildman–Crippen MR) is 61.4 cm³/mol. The summed E-state index contributed by atoms with van der Waals surface area (Å²) in [6.45, 7) is 6.69. The van der Waals surface area contributed by atoms with Gasteiger partial charge < -0.3 is 0 Å². The van der Waals surface area contributed by atoms with Gasteiger partial charge in [0.15, 0.2) is 0 Å². The minimum Gasteiger partial charge on any atom is -0.255 e. The number of alkyl halides is 1. The molecule has 2 atom stereocenters. The summed E-state index contributed by atoms with van der Waals surface area (Å²) in [6, 6.07) is 0. The van der Waals surface area contributed by atoms with Crippen LogP contribution in [0.4, 0.5) is 0 Å². The number of halogens is 1. The molecule has 0 saturated carbocycles. The van der Waals surface area contributed by atoms with Crippen molar-refractivity contribution in [1.82, 2.24) is 15.0 Å². The third kappa shape index (κ3) is 3.08. The third-order valence-corrected chi connectivity index (χ3v) is 3.22. The van der Waals surface area contributed by atoms with Crippen LogP contribution in [-0.4, -0.2) is 19.8 Å². The van der Waals surface area contributed by atoms with Crippen molar-refractivity contribution in [3.8, 4) is 0 Å². The Bertz CT molecular complexity index is 273. The lowest BCUT2D eigenvalue weighted by Gasteiger charge is -2.22. The molecule has 1 aromatic heterocycles. The lowest BCUT2D eigenvalue weighted by atomic mass is 9.89. The number of nitrogens with zero attached hydrogens (tertiary/aromatic N) is 3. The van der Waals surface area contributed by atoms with E-state index in [1.54, 1.807) is 4.68 Å². The van der Waals surface area contributed by atoms with E-state index in [4.69, 9.17) is 0 Å². The molecule has 0 spiro atoms. The van der Waals surface area contributed by atoms with Gasteiger partial charge in [0.2, 0.25) is 0 Å². The Hall–Kier alpha value is -0.380. The second-order valence-electron chi connectivity index (χ2n) is 4.17. The first kappa shape index (κ1) is 11.7. The zero-order chi connectivity index (χ0) is 10.7. The number of rotatable bonds is 4. The summed E-state index contributed by atoms with van der Waals surface area (Å²) in [5.41, 5.74) is 1.08. The van der Waals surface area contributed by atoms with Gasteiger partial charge >= 0.3 is 0 Å². The molecule has 0 aromatic carbocycles. The van der Waals surface area contributed by atoms with Crippen molar-refractivity contribution in [2.45, 2.75) is 32.0 Å². The van der Waals surface area contributed by atoms with Gasteiger partial charge in [-0.15, -0.1) is 5.10 Å². The molecule has 1 aromatic rings. The fourth-order valence-electron chi connectivity index (χ4n) is 1.66. The second kappa shape index (κ2) is 4.91. The SMILES string of the molecule is CC(C)C(Cc1cn(C)nn1)C(C)Br. The number of aryl methyl sites for hydroxylation is 1. The van der Waals surface area contributed by atoms with E-state index >= 15 is 0 Å². The van der Waals surface area contributed by atoms with Gasteiger partial charge in [-0.05, 0) is 18.3 Å². The highest BCUT2D eigenvalue weighted by molar-refractivity contribution is 9.09. The molecule has 0 saturated heterocycles. The standard InChI is InChI=1S/C10H18BrN3/c1-7(2)10(8(3)11)5-9-6-14(4)13-12-9/h6-8,10H,5H2,1-4H3. The first-order valence-electron chi connectivity index (χ1n) is 5.00. The molecule has 3 nitrogen and oxygen atoms in total. The molecule has 4 heteroatoms. The van der Waals surface area contributed by atoms with Gasteiger partial charge in [0.05, 0.1) is 5.69 Å². The summed E-state index contributed by atoms with van der Waals surface area (Å²) in [4.78, 5) is 0.518. The summed E-state index contributed by atoms with van der Waals surface area (Å²) in [5.74, 6) is 1.28. The zero-order valence-corrected chi connectivity index (χ0v) is 10.8. The van der Waals surface area contributed by atoms with Gasteiger partial charge in [0, 0.05) is 18.1 Å². The molecule has 2 unspecified atom stereocenters. The molecule has 0 amide bonds. The van der Waals surface area contributed by atoms with Crippen molar-refractivity contribution < 1.29 is 0 Å². The van der Waals surface area contributed by atoms with Crippen LogP contribution in [0.1, 0.15) is 26.5 Å². The van der Waals surface area contributed by atoms with Crippen molar-refractivity contribution in [2.75, 3.05) is 0 Å². The van der Waals surface area contributed by atoms with Crippen LogP contribution in [0, 0.1) is 11.8 Å². The summed E-state index contributed by atoms with van der Waals surface area (Å²) in [7, 11) is 1.90. The molecule has 1 heterocycles. The Morgan fingerprint density at radius 1 is 1.43 bits per heavy atom. The summed E-state index contributed by atoms with van der Waals surface area (Å²) < 4.78 is 1.76. The zero-order valence-electron chi connectivity index (χ0n) is 9.24. The molecule has 0 fully saturated rings. The van der Waals surface area contributed by atoms with Crippen molar-refractivity contribution in [2.24, 2.45) is 18.9 Å². The quantitative estimate of drug-likeness (QED) is 0.778. The fourth-order valence-corrected chi connectivity index (χ4v) is 2.46. The van der Waals surface area contributed by atoms with Gasteiger partial charge in [-0.1, -0.05) is 41.9 Å². The van der Waals surface area contributed by atoms with E-state index in [-0.39, 0.29) is 0 Å². The van der Waals surface area contributed by atoms with Gasteiger partial charge in [0.25, 0.3) is 0 Å². The van der Waals surface area contributed by atoms with Crippen LogP contribution in [-0.2, 0) is 13.5 Å². The van der Waals surface area contributed by atoms with E-state index in [0.29, 0.717) is 16.7 Å². The van der Waals surface area contributed by atoms with Crippen LogP contribution in [0.5, 0.6) is 0 Å². The lowest BCUT2D eigenvalue weighted by molar-refractivity contribution is 0.380. The van der Waals surface area contributed by atoms with Crippen LogP contribution in [0.25, 0.3) is 0 Å². The maximum absolute atomic E-state index is 4.11. The Labute approximate surface area is 94.0 Å². The van der Waals surface area contributed by atoms with Crippen LogP contribution in [0.2, 0.25) is 0 Å². The number of hydrogen-bond acceptors (Lipinski definition) is 2. The summed E-state index contributed by atoms with van der Waals surface area (Å²) in [5, 5.41) is 8.05. The molecular formula is C10H18BrN3. The minimum absolute atomic E-state index is 0.518. The van der Waals surface area contributed by atoms with Crippen LogP contribution >= 0.6 is 15.9 Å². The average molecular weight is 260 g/mol. The molecule has 80 valence electrons. The van der Waals surface area contributed by atoms with Crippen molar-refractivity contribution >= 4 is 15.9 Å². The van der Waals surface area contributed by atoms with E-state index in [9.17, 15) is 0 Å². The topological polar surface area (TPSA) is 30.7 Å². The fraction of sp³-hybridized carbons (Fsp3) is 0.800. The Morgan fingerprint density at radius 2 is 2.07 bits per heavy atom. The number of hydrogen-bond donors (Lipinski definition) is 0. The van der Waals surface area contributed by atoms with E-state index in [2.05, 4.69) is 47.0 Å². The van der Waals surface area contributed by atoms with E-state index in [1.807, 2.05) is 13.2 Å². The minimum atomic E-state index is 0.518. The smallest absolute Gasteiger partial charge is 0.0830 e. The molecular weight excluding hydrogens is 242 g/mol. The first-order chi connectivity index (χ1) is 6.50. The Morgan fingerprint density at radius 3 is 2.43 bits per heavy atom. The van der Waals surface area contributed by atoms with Crippen molar-refractivity contribution in [3.63, 3.8) is 0 Å². The molecule has 14 heavy (non-hydrogen) atoms. The lowest BCUT2D eigenvalue weighted by Crippen LogP contribution is -2.20. The molecule has 0 radical (unpaired) electrons. The van der Waals surface area contributed by atoms with Crippen LogP contribution in [0.3, 0.4) is 0 Å². The van der Waals surface area contributed by atoms with Crippen LogP contribution in [0.15, 0.2) is 6.20 Å². The first-order valence-corrected chi connectivity index (χ1v) is 5.91. The van der Waals surface area contributed by atoms with Gasteiger partial charge in [-0.2, -0.15) is 0 Å². The summed E-state index contributed by atoms with van der Waals surface area (Å²) in [6.07, 6.45) is 2.99. The van der Waals surface area contributed by atoms with Gasteiger partial charge in [-0.25, -0.2) is 0 Å².